The van der Waals surface area contributed by atoms with Gasteiger partial charge in [0.2, 0.25) is 0 Å². The van der Waals surface area contributed by atoms with Crippen LogP contribution >= 0.6 is 0 Å². The third kappa shape index (κ3) is 5.50. The summed E-state index contributed by atoms with van der Waals surface area (Å²) in [6, 6.07) is 0.354. The molecule has 0 bridgehead atoms. The molecule has 1 heterocycles. The maximum atomic E-state index is 5.72. The first kappa shape index (κ1) is 12.9. The van der Waals surface area contributed by atoms with Crippen LogP contribution in [0.3, 0.4) is 0 Å². The van der Waals surface area contributed by atoms with E-state index in [1.807, 2.05) is 0 Å². The monoisotopic (exact) mass is 214 g/mol. The summed E-state index contributed by atoms with van der Waals surface area (Å²) in [4.78, 5) is 2.51. The van der Waals surface area contributed by atoms with Gasteiger partial charge in [0.15, 0.2) is 0 Å². The molecule has 1 unspecified atom stereocenters. The van der Waals surface area contributed by atoms with Crippen molar-refractivity contribution < 1.29 is 4.74 Å². The molecule has 0 aromatic heterocycles. The summed E-state index contributed by atoms with van der Waals surface area (Å²) in [6.45, 7) is 9.77. The standard InChI is InChI=1S/C12H26N2O/c1-10(13)6-4-5-7-14-8-11(2)15-12(3)9-14/h10-12H,4-9,13H2,1-3H3/t10?,11-,12+. The molecule has 2 N–H and O–H groups in total. The van der Waals surface area contributed by atoms with Crippen LogP contribution in [0.2, 0.25) is 0 Å². The lowest BCUT2D eigenvalue weighted by molar-refractivity contribution is -0.0681. The fraction of sp³-hybridized carbons (Fsp3) is 1.00. The molecule has 0 saturated carbocycles. The SMILES string of the molecule is CC(N)CCCCN1C[C@@H](C)O[C@@H](C)C1. The summed E-state index contributed by atoms with van der Waals surface area (Å²) in [5, 5.41) is 0. The van der Waals surface area contributed by atoms with Gasteiger partial charge in [-0.3, -0.25) is 4.90 Å². The maximum Gasteiger partial charge on any atom is 0.0678 e. The van der Waals surface area contributed by atoms with E-state index in [4.69, 9.17) is 10.5 Å². The average Bonchev–Trinajstić information content (AvgIpc) is 2.10. The zero-order valence-electron chi connectivity index (χ0n) is 10.4. The topological polar surface area (TPSA) is 38.5 Å². The Morgan fingerprint density at radius 3 is 2.40 bits per heavy atom. The minimum Gasteiger partial charge on any atom is -0.373 e. The van der Waals surface area contributed by atoms with Gasteiger partial charge in [0, 0.05) is 19.1 Å². The predicted octanol–water partition coefficient (Wildman–Crippen LogP) is 1.61. The van der Waals surface area contributed by atoms with E-state index in [1.165, 1.54) is 19.4 Å². The zero-order chi connectivity index (χ0) is 11.3. The van der Waals surface area contributed by atoms with Crippen molar-refractivity contribution in [2.24, 2.45) is 5.73 Å². The summed E-state index contributed by atoms with van der Waals surface area (Å²) in [5.41, 5.74) is 5.72. The smallest absolute Gasteiger partial charge is 0.0678 e. The summed E-state index contributed by atoms with van der Waals surface area (Å²) in [5.74, 6) is 0. The molecule has 1 aliphatic rings. The molecule has 0 aromatic carbocycles. The summed E-state index contributed by atoms with van der Waals surface area (Å²) < 4.78 is 5.70. The number of morpholine rings is 1. The van der Waals surface area contributed by atoms with Gasteiger partial charge in [-0.05, 0) is 40.2 Å². The second kappa shape index (κ2) is 6.46. The third-order valence-electron chi connectivity index (χ3n) is 2.88. The lowest BCUT2D eigenvalue weighted by Gasteiger charge is -2.35. The van der Waals surface area contributed by atoms with Gasteiger partial charge in [0.05, 0.1) is 12.2 Å². The Morgan fingerprint density at radius 1 is 1.27 bits per heavy atom. The second-order valence-corrected chi connectivity index (χ2v) is 4.99. The van der Waals surface area contributed by atoms with Crippen LogP contribution in [-0.4, -0.2) is 42.8 Å². The molecular formula is C12H26N2O. The van der Waals surface area contributed by atoms with Crippen LogP contribution in [0.4, 0.5) is 0 Å². The fourth-order valence-corrected chi connectivity index (χ4v) is 2.27. The van der Waals surface area contributed by atoms with Gasteiger partial charge in [-0.25, -0.2) is 0 Å². The molecule has 1 aliphatic heterocycles. The molecule has 3 nitrogen and oxygen atoms in total. The van der Waals surface area contributed by atoms with Crippen LogP contribution in [0.1, 0.15) is 40.0 Å². The van der Waals surface area contributed by atoms with Gasteiger partial charge in [-0.1, -0.05) is 6.42 Å². The van der Waals surface area contributed by atoms with Gasteiger partial charge < -0.3 is 10.5 Å². The Hall–Kier alpha value is -0.120. The summed E-state index contributed by atoms with van der Waals surface area (Å²) in [7, 11) is 0. The first-order valence-electron chi connectivity index (χ1n) is 6.21. The van der Waals surface area contributed by atoms with Gasteiger partial charge in [-0.2, -0.15) is 0 Å². The van der Waals surface area contributed by atoms with Gasteiger partial charge in [-0.15, -0.1) is 0 Å². The number of nitrogens with zero attached hydrogens (tertiary/aromatic N) is 1. The Labute approximate surface area is 94.0 Å². The largest absolute Gasteiger partial charge is 0.373 e. The normalized spacial score (nSPS) is 30.4. The Morgan fingerprint density at radius 2 is 1.87 bits per heavy atom. The molecule has 1 saturated heterocycles. The molecule has 1 fully saturated rings. The van der Waals surface area contributed by atoms with Crippen LogP contribution < -0.4 is 5.73 Å². The van der Waals surface area contributed by atoms with E-state index in [0.29, 0.717) is 18.2 Å². The number of nitrogens with two attached hydrogens (primary N) is 1. The number of unbranched alkanes of at least 4 members (excludes halogenated alkanes) is 1. The van der Waals surface area contributed by atoms with Crippen molar-refractivity contribution in [2.75, 3.05) is 19.6 Å². The van der Waals surface area contributed by atoms with Crippen molar-refractivity contribution >= 4 is 0 Å². The van der Waals surface area contributed by atoms with E-state index < -0.39 is 0 Å². The van der Waals surface area contributed by atoms with Crippen molar-refractivity contribution in [3.63, 3.8) is 0 Å². The van der Waals surface area contributed by atoms with Gasteiger partial charge >= 0.3 is 0 Å². The number of hydrogen-bond donors (Lipinski definition) is 1. The van der Waals surface area contributed by atoms with E-state index in [0.717, 1.165) is 19.5 Å². The molecule has 90 valence electrons. The molecular weight excluding hydrogens is 188 g/mol. The first-order chi connectivity index (χ1) is 7.08. The van der Waals surface area contributed by atoms with Crippen molar-refractivity contribution in [3.05, 3.63) is 0 Å². The molecule has 0 aliphatic carbocycles. The molecule has 0 amide bonds. The summed E-state index contributed by atoms with van der Waals surface area (Å²) in [6.07, 6.45) is 4.44. The van der Waals surface area contributed by atoms with Crippen molar-refractivity contribution in [1.82, 2.24) is 4.90 Å². The van der Waals surface area contributed by atoms with Crippen molar-refractivity contribution in [1.29, 1.82) is 0 Å². The third-order valence-corrected chi connectivity index (χ3v) is 2.88. The zero-order valence-corrected chi connectivity index (χ0v) is 10.4. The summed E-state index contributed by atoms with van der Waals surface area (Å²) >= 11 is 0. The van der Waals surface area contributed by atoms with Crippen LogP contribution in [0, 0.1) is 0 Å². The van der Waals surface area contributed by atoms with E-state index >= 15 is 0 Å². The van der Waals surface area contributed by atoms with Crippen LogP contribution in [0.15, 0.2) is 0 Å². The molecule has 0 aromatic rings. The van der Waals surface area contributed by atoms with Gasteiger partial charge in [0.25, 0.3) is 0 Å². The lowest BCUT2D eigenvalue weighted by Crippen LogP contribution is -2.45. The highest BCUT2D eigenvalue weighted by Crippen LogP contribution is 2.11. The van der Waals surface area contributed by atoms with E-state index in [-0.39, 0.29) is 0 Å². The predicted molar refractivity (Wildman–Crippen MR) is 63.9 cm³/mol. The number of ether oxygens (including phenoxy) is 1. The first-order valence-corrected chi connectivity index (χ1v) is 6.21. The molecule has 3 atom stereocenters. The van der Waals surface area contributed by atoms with Crippen LogP contribution in [0.5, 0.6) is 0 Å². The minimum absolute atomic E-state index is 0.354. The van der Waals surface area contributed by atoms with E-state index in [2.05, 4.69) is 25.7 Å². The van der Waals surface area contributed by atoms with E-state index in [1.54, 1.807) is 0 Å². The van der Waals surface area contributed by atoms with Crippen LogP contribution in [0.25, 0.3) is 0 Å². The lowest BCUT2D eigenvalue weighted by atomic mass is 10.1. The highest BCUT2D eigenvalue weighted by atomic mass is 16.5. The quantitative estimate of drug-likeness (QED) is 0.707. The highest BCUT2D eigenvalue weighted by molar-refractivity contribution is 4.72. The van der Waals surface area contributed by atoms with Gasteiger partial charge in [0.1, 0.15) is 0 Å². The Kier molecular flexibility index (Phi) is 5.58. The van der Waals surface area contributed by atoms with Crippen LogP contribution in [-0.2, 0) is 4.74 Å². The Balaban J connectivity index is 2.10. The van der Waals surface area contributed by atoms with Crippen molar-refractivity contribution in [3.8, 4) is 0 Å². The minimum atomic E-state index is 0.354. The highest BCUT2D eigenvalue weighted by Gasteiger charge is 2.21. The molecule has 15 heavy (non-hydrogen) atoms. The molecule has 0 radical (unpaired) electrons. The number of hydrogen-bond acceptors (Lipinski definition) is 3. The Bertz CT molecular complexity index is 163. The van der Waals surface area contributed by atoms with Crippen molar-refractivity contribution in [2.45, 2.75) is 58.3 Å². The molecule has 0 spiro atoms. The fourth-order valence-electron chi connectivity index (χ4n) is 2.27. The number of rotatable bonds is 5. The maximum absolute atomic E-state index is 5.72. The van der Waals surface area contributed by atoms with E-state index in [9.17, 15) is 0 Å². The average molecular weight is 214 g/mol. The molecule has 3 heteroatoms. The molecule has 1 rings (SSSR count). The second-order valence-electron chi connectivity index (χ2n) is 4.99.